The maximum atomic E-state index is 11.4. The number of guanidine groups is 1. The molecule has 0 aromatic carbocycles. The van der Waals surface area contributed by atoms with Gasteiger partial charge in [-0.25, -0.2) is 9.78 Å². The van der Waals surface area contributed by atoms with Crippen LogP contribution in [-0.4, -0.2) is 37.2 Å². The third-order valence-electron chi connectivity index (χ3n) is 1.73. The molecule has 0 saturated carbocycles. The number of hydrogen-bond acceptors (Lipinski definition) is 4. The first kappa shape index (κ1) is 12.9. The summed E-state index contributed by atoms with van der Waals surface area (Å²) in [5, 5.41) is 4.88. The van der Waals surface area contributed by atoms with Crippen LogP contribution < -0.4 is 16.4 Å². The summed E-state index contributed by atoms with van der Waals surface area (Å²) in [4.78, 5) is 19.2. The Hall–Kier alpha value is -2.15. The number of nitrogens with one attached hydrogen (secondary N) is 2. The summed E-state index contributed by atoms with van der Waals surface area (Å²) in [7, 11) is 1.56. The number of rotatable bonds is 4. The number of ether oxygens (including phenoxy) is 1. The van der Waals surface area contributed by atoms with Crippen LogP contribution in [0.15, 0.2) is 29.4 Å². The van der Waals surface area contributed by atoms with Crippen LogP contribution >= 0.6 is 0 Å². The number of nitrogens with zero attached hydrogens (tertiary/aromatic N) is 2. The Kier molecular flexibility index (Phi) is 5.45. The number of carbonyl (C=O) groups excluding carboxylic acids is 1. The Labute approximate surface area is 99.1 Å². The summed E-state index contributed by atoms with van der Waals surface area (Å²) < 4.78 is 4.79. The van der Waals surface area contributed by atoms with E-state index in [1.165, 1.54) is 0 Å². The maximum Gasteiger partial charge on any atom is 0.327 e. The quantitative estimate of drug-likeness (QED) is 0.394. The van der Waals surface area contributed by atoms with Gasteiger partial charge in [-0.1, -0.05) is 6.07 Å². The standard InChI is InChI=1S/C10H15N5O2/c1-17-7-6-13-9(11)15-10(16)14-8-4-2-3-5-12-8/h2-5H,6-7H2,1H3,(H4,11,12,13,14,15,16). The fraction of sp³-hybridized carbons (Fsp3) is 0.300. The van der Waals surface area contributed by atoms with Crippen molar-refractivity contribution in [1.82, 2.24) is 10.3 Å². The normalized spacial score (nSPS) is 11.0. The number of methoxy groups -OCH3 is 1. The molecule has 0 spiro atoms. The van der Waals surface area contributed by atoms with Gasteiger partial charge in [0.1, 0.15) is 5.82 Å². The second-order valence-corrected chi connectivity index (χ2v) is 3.05. The molecule has 0 saturated heterocycles. The fourth-order valence-electron chi connectivity index (χ4n) is 0.998. The van der Waals surface area contributed by atoms with Gasteiger partial charge >= 0.3 is 6.03 Å². The van der Waals surface area contributed by atoms with Crippen LogP contribution in [-0.2, 0) is 4.74 Å². The highest BCUT2D eigenvalue weighted by Crippen LogP contribution is 1.98. The topological polar surface area (TPSA) is 102 Å². The molecule has 0 radical (unpaired) electrons. The minimum absolute atomic E-state index is 0.0375. The lowest BCUT2D eigenvalue weighted by Crippen LogP contribution is -2.40. The second-order valence-electron chi connectivity index (χ2n) is 3.05. The number of anilines is 1. The summed E-state index contributed by atoms with van der Waals surface area (Å²) in [6.45, 7) is 0.844. The van der Waals surface area contributed by atoms with E-state index >= 15 is 0 Å². The third-order valence-corrected chi connectivity index (χ3v) is 1.73. The van der Waals surface area contributed by atoms with Crippen LogP contribution in [0.25, 0.3) is 0 Å². The summed E-state index contributed by atoms with van der Waals surface area (Å²) in [6, 6.07) is 4.70. The number of aromatic nitrogens is 1. The van der Waals surface area contributed by atoms with E-state index in [0.29, 0.717) is 19.0 Å². The SMILES string of the molecule is COCCN=C(N)NC(=O)Nc1ccccn1. The van der Waals surface area contributed by atoms with Crippen molar-refractivity contribution in [1.29, 1.82) is 0 Å². The molecular formula is C10H15N5O2. The van der Waals surface area contributed by atoms with E-state index in [1.807, 2.05) is 0 Å². The van der Waals surface area contributed by atoms with Gasteiger partial charge in [0.2, 0.25) is 0 Å². The predicted molar refractivity (Wildman–Crippen MR) is 64.8 cm³/mol. The number of hydrogen-bond donors (Lipinski definition) is 3. The zero-order valence-electron chi connectivity index (χ0n) is 9.51. The van der Waals surface area contributed by atoms with Crippen molar-refractivity contribution in [3.8, 4) is 0 Å². The van der Waals surface area contributed by atoms with Gasteiger partial charge in [0.05, 0.1) is 13.2 Å². The highest BCUT2D eigenvalue weighted by molar-refractivity contribution is 6.01. The molecule has 7 nitrogen and oxygen atoms in total. The van der Waals surface area contributed by atoms with E-state index < -0.39 is 6.03 Å². The Balaban J connectivity index is 2.37. The lowest BCUT2D eigenvalue weighted by molar-refractivity contribution is 0.208. The molecule has 0 aliphatic heterocycles. The molecule has 1 aromatic heterocycles. The van der Waals surface area contributed by atoms with E-state index in [4.69, 9.17) is 10.5 Å². The minimum atomic E-state index is -0.484. The predicted octanol–water partition coefficient (Wildman–Crippen LogP) is 0.164. The number of nitrogens with two attached hydrogens (primary N) is 1. The first-order valence-corrected chi connectivity index (χ1v) is 5.00. The van der Waals surface area contributed by atoms with Gasteiger partial charge in [0, 0.05) is 13.3 Å². The highest BCUT2D eigenvalue weighted by atomic mass is 16.5. The average Bonchev–Trinajstić information content (AvgIpc) is 2.30. The van der Waals surface area contributed by atoms with E-state index in [2.05, 4.69) is 20.6 Å². The number of aliphatic imine (C=N–C) groups is 1. The van der Waals surface area contributed by atoms with Gasteiger partial charge < -0.3 is 10.5 Å². The first-order valence-electron chi connectivity index (χ1n) is 5.00. The van der Waals surface area contributed by atoms with Gasteiger partial charge in [-0.15, -0.1) is 0 Å². The monoisotopic (exact) mass is 237 g/mol. The maximum absolute atomic E-state index is 11.4. The molecule has 92 valence electrons. The van der Waals surface area contributed by atoms with Crippen LogP contribution in [0.3, 0.4) is 0 Å². The molecule has 0 aliphatic rings. The van der Waals surface area contributed by atoms with Gasteiger partial charge in [-0.05, 0) is 12.1 Å². The van der Waals surface area contributed by atoms with Crippen LogP contribution in [0.4, 0.5) is 10.6 Å². The van der Waals surface area contributed by atoms with Crippen molar-refractivity contribution in [3.63, 3.8) is 0 Å². The first-order chi connectivity index (χ1) is 8.22. The molecule has 0 aliphatic carbocycles. The number of amides is 2. The van der Waals surface area contributed by atoms with E-state index in [9.17, 15) is 4.79 Å². The Morgan fingerprint density at radius 2 is 2.41 bits per heavy atom. The van der Waals surface area contributed by atoms with Crippen molar-refractivity contribution < 1.29 is 9.53 Å². The molecule has 4 N–H and O–H groups in total. The van der Waals surface area contributed by atoms with Crippen LogP contribution in [0.1, 0.15) is 0 Å². The molecule has 7 heteroatoms. The number of urea groups is 1. The minimum Gasteiger partial charge on any atom is -0.383 e. The van der Waals surface area contributed by atoms with Gasteiger partial charge in [0.15, 0.2) is 5.96 Å². The molecule has 2 amide bonds. The van der Waals surface area contributed by atoms with E-state index in [-0.39, 0.29) is 5.96 Å². The van der Waals surface area contributed by atoms with E-state index in [1.54, 1.807) is 31.5 Å². The molecule has 1 heterocycles. The molecule has 1 aromatic rings. The summed E-state index contributed by atoms with van der Waals surface area (Å²) in [6.07, 6.45) is 1.58. The molecule has 1 rings (SSSR count). The van der Waals surface area contributed by atoms with Crippen molar-refractivity contribution in [2.45, 2.75) is 0 Å². The van der Waals surface area contributed by atoms with Gasteiger partial charge in [-0.3, -0.25) is 15.6 Å². The van der Waals surface area contributed by atoms with Gasteiger partial charge in [0.25, 0.3) is 0 Å². The van der Waals surface area contributed by atoms with Crippen molar-refractivity contribution in [3.05, 3.63) is 24.4 Å². The number of pyridine rings is 1. The summed E-state index contributed by atoms with van der Waals surface area (Å²) in [5.41, 5.74) is 5.47. The molecule has 0 unspecified atom stereocenters. The fourth-order valence-corrected chi connectivity index (χ4v) is 0.998. The van der Waals surface area contributed by atoms with Crippen molar-refractivity contribution in [2.24, 2.45) is 10.7 Å². The highest BCUT2D eigenvalue weighted by Gasteiger charge is 2.02. The zero-order chi connectivity index (χ0) is 12.5. The average molecular weight is 237 g/mol. The molecule has 0 bridgehead atoms. The Bertz CT molecular complexity index is 380. The molecule has 0 atom stereocenters. The Morgan fingerprint density at radius 1 is 1.59 bits per heavy atom. The number of carbonyl (C=O) groups is 1. The molecule has 0 fully saturated rings. The van der Waals surface area contributed by atoms with Crippen LogP contribution in [0, 0.1) is 0 Å². The van der Waals surface area contributed by atoms with Crippen LogP contribution in [0.2, 0.25) is 0 Å². The van der Waals surface area contributed by atoms with Crippen molar-refractivity contribution >= 4 is 17.8 Å². The molecule has 17 heavy (non-hydrogen) atoms. The zero-order valence-corrected chi connectivity index (χ0v) is 9.51. The third kappa shape index (κ3) is 5.47. The molecular weight excluding hydrogens is 222 g/mol. The Morgan fingerprint density at radius 3 is 3.06 bits per heavy atom. The van der Waals surface area contributed by atoms with Crippen molar-refractivity contribution in [2.75, 3.05) is 25.6 Å². The summed E-state index contributed by atoms with van der Waals surface area (Å²) in [5.74, 6) is 0.477. The van der Waals surface area contributed by atoms with Crippen LogP contribution in [0.5, 0.6) is 0 Å². The van der Waals surface area contributed by atoms with Gasteiger partial charge in [-0.2, -0.15) is 0 Å². The lowest BCUT2D eigenvalue weighted by Gasteiger charge is -2.05. The van der Waals surface area contributed by atoms with E-state index in [0.717, 1.165) is 0 Å². The smallest absolute Gasteiger partial charge is 0.327 e. The summed E-state index contributed by atoms with van der Waals surface area (Å²) >= 11 is 0. The second kappa shape index (κ2) is 7.18. The lowest BCUT2D eigenvalue weighted by atomic mass is 10.5. The largest absolute Gasteiger partial charge is 0.383 e.